The van der Waals surface area contributed by atoms with Gasteiger partial charge in [0, 0.05) is 23.8 Å². The monoisotopic (exact) mass is 390 g/mol. The van der Waals surface area contributed by atoms with Crippen LogP contribution in [0, 0.1) is 6.92 Å². The lowest BCUT2D eigenvalue weighted by Crippen LogP contribution is -2.29. The summed E-state index contributed by atoms with van der Waals surface area (Å²) in [7, 11) is 0. The highest BCUT2D eigenvalue weighted by Gasteiger charge is 2.24. The summed E-state index contributed by atoms with van der Waals surface area (Å²) in [6.45, 7) is 2.48. The van der Waals surface area contributed by atoms with Crippen molar-refractivity contribution in [1.29, 1.82) is 0 Å². The minimum absolute atomic E-state index is 0.0438. The standard InChI is InChI=1S/C21H18N4O4/c1-14-7-9-24(17-6-3-8-22-13-17)20(27)18(14)19(26)23-15-4-2-5-16(12-15)25-10-11-29-21(25)28/h2-9,12-13H,10-11H2,1H3,(H,23,26). The van der Waals surface area contributed by atoms with Gasteiger partial charge < -0.3 is 10.1 Å². The van der Waals surface area contributed by atoms with Crippen LogP contribution in [-0.4, -0.2) is 34.7 Å². The molecule has 0 atom stereocenters. The average molecular weight is 390 g/mol. The van der Waals surface area contributed by atoms with Crippen LogP contribution in [0.4, 0.5) is 16.2 Å². The van der Waals surface area contributed by atoms with Crippen molar-refractivity contribution in [1.82, 2.24) is 9.55 Å². The van der Waals surface area contributed by atoms with Crippen LogP contribution >= 0.6 is 0 Å². The smallest absolute Gasteiger partial charge is 0.414 e. The molecule has 0 saturated carbocycles. The number of aryl methyl sites for hydroxylation is 1. The maximum Gasteiger partial charge on any atom is 0.414 e. The fraction of sp³-hybridized carbons (Fsp3) is 0.143. The second kappa shape index (κ2) is 7.59. The van der Waals surface area contributed by atoms with Gasteiger partial charge in [0.2, 0.25) is 0 Å². The van der Waals surface area contributed by atoms with Gasteiger partial charge in [-0.25, -0.2) is 4.79 Å². The van der Waals surface area contributed by atoms with E-state index in [1.165, 1.54) is 9.47 Å². The van der Waals surface area contributed by atoms with Gasteiger partial charge in [0.1, 0.15) is 12.2 Å². The number of anilines is 2. The summed E-state index contributed by atoms with van der Waals surface area (Å²) in [6, 6.07) is 12.0. The lowest BCUT2D eigenvalue weighted by atomic mass is 10.1. The molecule has 2 amide bonds. The van der Waals surface area contributed by atoms with Crippen molar-refractivity contribution in [2.45, 2.75) is 6.92 Å². The molecule has 1 N–H and O–H groups in total. The summed E-state index contributed by atoms with van der Waals surface area (Å²) in [5.74, 6) is -0.521. The van der Waals surface area contributed by atoms with E-state index in [-0.39, 0.29) is 5.56 Å². The molecule has 1 aromatic carbocycles. The predicted octanol–water partition coefficient (Wildman–Crippen LogP) is 2.75. The van der Waals surface area contributed by atoms with Crippen LogP contribution in [0.5, 0.6) is 0 Å². The van der Waals surface area contributed by atoms with Crippen LogP contribution in [0.15, 0.2) is 65.8 Å². The van der Waals surface area contributed by atoms with Crippen LogP contribution in [-0.2, 0) is 4.74 Å². The van der Waals surface area contributed by atoms with Crippen LogP contribution in [0.1, 0.15) is 15.9 Å². The van der Waals surface area contributed by atoms with Gasteiger partial charge in [0.25, 0.3) is 11.5 Å². The molecule has 8 nitrogen and oxygen atoms in total. The van der Waals surface area contributed by atoms with E-state index in [0.717, 1.165) is 0 Å². The minimum Gasteiger partial charge on any atom is -0.447 e. The number of cyclic esters (lactones) is 1. The maximum atomic E-state index is 12.9. The lowest BCUT2D eigenvalue weighted by molar-refractivity contribution is 0.102. The zero-order valence-electron chi connectivity index (χ0n) is 15.7. The van der Waals surface area contributed by atoms with E-state index in [1.807, 2.05) is 0 Å². The van der Waals surface area contributed by atoms with Gasteiger partial charge in [-0.1, -0.05) is 6.07 Å². The minimum atomic E-state index is -0.521. The third-order valence-corrected chi connectivity index (χ3v) is 4.63. The predicted molar refractivity (Wildman–Crippen MR) is 108 cm³/mol. The first-order chi connectivity index (χ1) is 14.0. The highest BCUT2D eigenvalue weighted by Crippen LogP contribution is 2.23. The summed E-state index contributed by atoms with van der Waals surface area (Å²) >= 11 is 0. The number of carbonyl (C=O) groups is 2. The number of hydrogen-bond acceptors (Lipinski definition) is 5. The van der Waals surface area contributed by atoms with Crippen molar-refractivity contribution in [3.63, 3.8) is 0 Å². The number of rotatable bonds is 4. The molecule has 4 rings (SSSR count). The van der Waals surface area contributed by atoms with Crippen molar-refractivity contribution in [2.24, 2.45) is 0 Å². The van der Waals surface area contributed by atoms with E-state index in [1.54, 1.807) is 68.0 Å². The third-order valence-electron chi connectivity index (χ3n) is 4.63. The van der Waals surface area contributed by atoms with E-state index in [2.05, 4.69) is 10.3 Å². The molecule has 29 heavy (non-hydrogen) atoms. The van der Waals surface area contributed by atoms with Gasteiger partial charge in [-0.2, -0.15) is 0 Å². The van der Waals surface area contributed by atoms with E-state index in [9.17, 15) is 14.4 Å². The van der Waals surface area contributed by atoms with Crippen molar-refractivity contribution < 1.29 is 14.3 Å². The van der Waals surface area contributed by atoms with Crippen molar-refractivity contribution in [2.75, 3.05) is 23.4 Å². The molecule has 8 heteroatoms. The number of amides is 2. The number of nitrogens with zero attached hydrogens (tertiary/aromatic N) is 3. The molecule has 0 radical (unpaired) electrons. The molecule has 1 saturated heterocycles. The lowest BCUT2D eigenvalue weighted by Gasteiger charge is -2.15. The number of nitrogens with one attached hydrogen (secondary N) is 1. The zero-order chi connectivity index (χ0) is 20.4. The number of ether oxygens (including phenoxy) is 1. The summed E-state index contributed by atoms with van der Waals surface area (Å²) in [4.78, 5) is 43.1. The van der Waals surface area contributed by atoms with Gasteiger partial charge in [-0.15, -0.1) is 0 Å². The highest BCUT2D eigenvalue weighted by atomic mass is 16.6. The molecule has 0 spiro atoms. The molecular weight excluding hydrogens is 372 g/mol. The fourth-order valence-corrected chi connectivity index (χ4v) is 3.18. The van der Waals surface area contributed by atoms with Gasteiger partial charge in [0.05, 0.1) is 18.4 Å². The molecule has 0 unspecified atom stereocenters. The number of carbonyl (C=O) groups excluding carboxylic acids is 2. The Morgan fingerprint density at radius 2 is 1.97 bits per heavy atom. The normalized spacial score (nSPS) is 13.3. The SMILES string of the molecule is Cc1ccn(-c2cccnc2)c(=O)c1C(=O)Nc1cccc(N2CCOC2=O)c1. The second-order valence-electron chi connectivity index (χ2n) is 6.53. The van der Waals surface area contributed by atoms with E-state index < -0.39 is 17.6 Å². The maximum absolute atomic E-state index is 12.9. The Morgan fingerprint density at radius 3 is 2.69 bits per heavy atom. The molecule has 0 aliphatic carbocycles. The number of hydrogen-bond donors (Lipinski definition) is 1. The molecule has 1 aliphatic heterocycles. The van der Waals surface area contributed by atoms with Crippen LogP contribution in [0.2, 0.25) is 0 Å². The van der Waals surface area contributed by atoms with Crippen molar-refractivity contribution >= 4 is 23.4 Å². The largest absolute Gasteiger partial charge is 0.447 e. The second-order valence-corrected chi connectivity index (χ2v) is 6.53. The van der Waals surface area contributed by atoms with Crippen LogP contribution < -0.4 is 15.8 Å². The average Bonchev–Trinajstić information content (AvgIpc) is 3.15. The van der Waals surface area contributed by atoms with Gasteiger partial charge in [-0.05, 0) is 48.9 Å². The molecule has 3 heterocycles. The van der Waals surface area contributed by atoms with Crippen LogP contribution in [0.25, 0.3) is 5.69 Å². The van der Waals surface area contributed by atoms with Crippen LogP contribution in [0.3, 0.4) is 0 Å². The van der Waals surface area contributed by atoms with Gasteiger partial charge in [0.15, 0.2) is 0 Å². The quantitative estimate of drug-likeness (QED) is 0.739. The highest BCUT2D eigenvalue weighted by molar-refractivity contribution is 6.05. The topological polar surface area (TPSA) is 93.5 Å². The number of aromatic nitrogens is 2. The zero-order valence-corrected chi connectivity index (χ0v) is 15.7. The molecule has 2 aromatic heterocycles. The molecule has 0 bridgehead atoms. The molecule has 1 fully saturated rings. The van der Waals surface area contributed by atoms with Gasteiger partial charge in [-0.3, -0.25) is 24.0 Å². The van der Waals surface area contributed by atoms with Crippen molar-refractivity contribution in [3.05, 3.63) is 82.5 Å². The fourth-order valence-electron chi connectivity index (χ4n) is 3.18. The van der Waals surface area contributed by atoms with Crippen molar-refractivity contribution in [3.8, 4) is 5.69 Å². The first kappa shape index (κ1) is 18.4. The Bertz CT molecular complexity index is 1140. The first-order valence-corrected chi connectivity index (χ1v) is 9.03. The Balaban J connectivity index is 1.64. The molecule has 3 aromatic rings. The Hall–Kier alpha value is -3.94. The van der Waals surface area contributed by atoms with E-state index in [0.29, 0.717) is 35.8 Å². The Morgan fingerprint density at radius 1 is 1.14 bits per heavy atom. The summed E-state index contributed by atoms with van der Waals surface area (Å²) in [6.07, 6.45) is 4.36. The summed E-state index contributed by atoms with van der Waals surface area (Å²) < 4.78 is 6.33. The summed E-state index contributed by atoms with van der Waals surface area (Å²) in [5.41, 5.74) is 1.83. The number of pyridine rings is 2. The Labute approximate surface area is 166 Å². The molecule has 146 valence electrons. The summed E-state index contributed by atoms with van der Waals surface area (Å²) in [5, 5.41) is 2.75. The molecular formula is C21H18N4O4. The first-order valence-electron chi connectivity index (χ1n) is 9.03. The Kier molecular flexibility index (Phi) is 4.82. The number of benzene rings is 1. The molecule has 1 aliphatic rings. The van der Waals surface area contributed by atoms with E-state index >= 15 is 0 Å². The third kappa shape index (κ3) is 3.60. The van der Waals surface area contributed by atoms with E-state index in [4.69, 9.17) is 4.74 Å². The van der Waals surface area contributed by atoms with Gasteiger partial charge >= 0.3 is 6.09 Å².